The van der Waals surface area contributed by atoms with Crippen LogP contribution in [0.1, 0.15) is 30.9 Å². The molecule has 2 amide bonds. The van der Waals surface area contributed by atoms with E-state index in [1.165, 1.54) is 11.2 Å². The summed E-state index contributed by atoms with van der Waals surface area (Å²) in [5.74, 6) is -0.522. The number of hydrogen-bond donors (Lipinski definition) is 2. The Hall–Kier alpha value is -3.23. The molecule has 2 N–H and O–H groups in total. The van der Waals surface area contributed by atoms with Crippen LogP contribution in [-0.4, -0.2) is 49.7 Å². The molecule has 1 heterocycles. The minimum Gasteiger partial charge on any atom is -0.351 e. The fraction of sp³-hybridized carbons (Fsp3) is 0.333. The van der Waals surface area contributed by atoms with Crippen molar-refractivity contribution in [3.63, 3.8) is 0 Å². The van der Waals surface area contributed by atoms with E-state index in [0.717, 1.165) is 21.9 Å². The van der Waals surface area contributed by atoms with Crippen molar-refractivity contribution in [2.24, 2.45) is 0 Å². The summed E-state index contributed by atoms with van der Waals surface area (Å²) < 4.78 is 27.9. The van der Waals surface area contributed by atoms with Crippen LogP contribution in [0.25, 0.3) is 10.8 Å². The lowest BCUT2D eigenvalue weighted by Gasteiger charge is -2.32. The molecule has 0 aromatic heterocycles. The first-order valence-corrected chi connectivity index (χ1v) is 13.3. The Balaban J connectivity index is 1.38. The van der Waals surface area contributed by atoms with Gasteiger partial charge in [-0.15, -0.1) is 0 Å². The van der Waals surface area contributed by atoms with Gasteiger partial charge in [-0.1, -0.05) is 60.2 Å². The molecule has 0 saturated carbocycles. The molecular weight excluding hydrogens is 462 g/mol. The number of nitrogens with zero attached hydrogens (tertiary/aromatic N) is 1. The van der Waals surface area contributed by atoms with Gasteiger partial charge < -0.3 is 10.6 Å². The number of hydrogen-bond acceptors (Lipinski definition) is 4. The van der Waals surface area contributed by atoms with Crippen molar-refractivity contribution in [3.8, 4) is 0 Å². The number of rotatable bonds is 7. The summed E-state index contributed by atoms with van der Waals surface area (Å²) in [6.45, 7) is 4.02. The highest BCUT2D eigenvalue weighted by Crippen LogP contribution is 2.24. The fourth-order valence-corrected chi connectivity index (χ4v) is 6.05. The predicted molar refractivity (Wildman–Crippen MR) is 136 cm³/mol. The number of sulfonamides is 1. The monoisotopic (exact) mass is 493 g/mol. The molecule has 1 atom stereocenters. The zero-order valence-corrected chi connectivity index (χ0v) is 20.8. The van der Waals surface area contributed by atoms with E-state index in [0.29, 0.717) is 32.4 Å². The van der Waals surface area contributed by atoms with Crippen molar-refractivity contribution in [3.05, 3.63) is 77.9 Å². The number of fused-ring (bicyclic) bond motifs is 1. The van der Waals surface area contributed by atoms with Crippen LogP contribution in [0.15, 0.2) is 71.6 Å². The molecule has 1 aliphatic rings. The zero-order chi connectivity index (χ0) is 25.0. The molecule has 4 rings (SSSR count). The van der Waals surface area contributed by atoms with Crippen molar-refractivity contribution in [1.29, 1.82) is 0 Å². The van der Waals surface area contributed by atoms with Gasteiger partial charge in [-0.05, 0) is 48.2 Å². The molecule has 7 nitrogen and oxygen atoms in total. The smallest absolute Gasteiger partial charge is 0.243 e. The molecule has 1 aliphatic heterocycles. The van der Waals surface area contributed by atoms with Crippen LogP contribution in [-0.2, 0) is 26.0 Å². The van der Waals surface area contributed by atoms with Gasteiger partial charge in [-0.25, -0.2) is 8.42 Å². The van der Waals surface area contributed by atoms with E-state index in [9.17, 15) is 18.0 Å². The number of carbonyl (C=O) groups is 2. The first-order valence-electron chi connectivity index (χ1n) is 11.8. The summed E-state index contributed by atoms with van der Waals surface area (Å²) in [7, 11) is -3.62. The second kappa shape index (κ2) is 10.6. The summed E-state index contributed by atoms with van der Waals surface area (Å²) in [6, 6.07) is 19.9. The Bertz CT molecular complexity index is 1330. The van der Waals surface area contributed by atoms with Gasteiger partial charge in [0.25, 0.3) is 0 Å². The van der Waals surface area contributed by atoms with E-state index in [4.69, 9.17) is 0 Å². The van der Waals surface area contributed by atoms with E-state index in [1.807, 2.05) is 61.5 Å². The summed E-state index contributed by atoms with van der Waals surface area (Å²) in [4.78, 5) is 25.0. The number of amides is 2. The maximum Gasteiger partial charge on any atom is 0.243 e. The van der Waals surface area contributed by atoms with Gasteiger partial charge in [0.2, 0.25) is 21.8 Å². The molecule has 1 fully saturated rings. The summed E-state index contributed by atoms with van der Waals surface area (Å²) in [5.41, 5.74) is 2.06. The molecule has 3 aromatic rings. The normalized spacial score (nSPS) is 16.1. The molecule has 184 valence electrons. The van der Waals surface area contributed by atoms with Crippen molar-refractivity contribution in [2.45, 2.75) is 50.1 Å². The second-order valence-corrected chi connectivity index (χ2v) is 11.1. The van der Waals surface area contributed by atoms with Gasteiger partial charge in [0.1, 0.15) is 6.04 Å². The first kappa shape index (κ1) is 24.9. The fourth-order valence-electron chi connectivity index (χ4n) is 4.55. The summed E-state index contributed by atoms with van der Waals surface area (Å²) in [6.07, 6.45) is 1.41. The quantitative estimate of drug-likeness (QED) is 0.529. The average molecular weight is 494 g/mol. The van der Waals surface area contributed by atoms with Crippen molar-refractivity contribution < 1.29 is 18.0 Å². The Labute approximate surface area is 206 Å². The zero-order valence-electron chi connectivity index (χ0n) is 20.0. The van der Waals surface area contributed by atoms with E-state index in [-0.39, 0.29) is 22.8 Å². The Kier molecular flexibility index (Phi) is 7.52. The maximum absolute atomic E-state index is 13.2. The molecule has 0 spiro atoms. The molecule has 1 saturated heterocycles. The lowest BCUT2D eigenvalue weighted by Crippen LogP contribution is -2.53. The molecule has 3 aromatic carbocycles. The highest BCUT2D eigenvalue weighted by atomic mass is 32.2. The van der Waals surface area contributed by atoms with Crippen LogP contribution in [0.3, 0.4) is 0 Å². The molecule has 0 radical (unpaired) electrons. The lowest BCUT2D eigenvalue weighted by atomic mass is 10.0. The SMILES string of the molecule is CC(=O)N[C@H](Cc1cccc(C)c1)C(=O)NC1CCN(S(=O)(=O)c2ccc3ccccc3c2)CC1. The van der Waals surface area contributed by atoms with Crippen LogP contribution >= 0.6 is 0 Å². The largest absolute Gasteiger partial charge is 0.351 e. The van der Waals surface area contributed by atoms with E-state index >= 15 is 0 Å². The van der Waals surface area contributed by atoms with Crippen LogP contribution in [0, 0.1) is 6.92 Å². The van der Waals surface area contributed by atoms with Gasteiger partial charge in [-0.3, -0.25) is 9.59 Å². The van der Waals surface area contributed by atoms with Crippen LogP contribution in [0.5, 0.6) is 0 Å². The summed E-state index contributed by atoms with van der Waals surface area (Å²) in [5, 5.41) is 7.64. The van der Waals surface area contributed by atoms with Crippen LogP contribution in [0.4, 0.5) is 0 Å². The van der Waals surface area contributed by atoms with E-state index in [1.54, 1.807) is 12.1 Å². The highest BCUT2D eigenvalue weighted by Gasteiger charge is 2.31. The number of piperidine rings is 1. The average Bonchev–Trinajstić information content (AvgIpc) is 2.83. The molecular formula is C27H31N3O4S. The Morgan fingerprint density at radius 2 is 1.69 bits per heavy atom. The maximum atomic E-state index is 13.2. The third-order valence-electron chi connectivity index (χ3n) is 6.38. The third-order valence-corrected chi connectivity index (χ3v) is 8.27. The number of carbonyl (C=O) groups excluding carboxylic acids is 2. The van der Waals surface area contributed by atoms with E-state index in [2.05, 4.69) is 10.6 Å². The van der Waals surface area contributed by atoms with Crippen molar-refractivity contribution in [2.75, 3.05) is 13.1 Å². The molecule has 8 heteroatoms. The molecule has 35 heavy (non-hydrogen) atoms. The lowest BCUT2D eigenvalue weighted by molar-refractivity contribution is -0.128. The molecule has 0 unspecified atom stereocenters. The highest BCUT2D eigenvalue weighted by molar-refractivity contribution is 7.89. The van der Waals surface area contributed by atoms with Crippen LogP contribution < -0.4 is 10.6 Å². The number of nitrogens with one attached hydrogen (secondary N) is 2. The van der Waals surface area contributed by atoms with Crippen LogP contribution in [0.2, 0.25) is 0 Å². The van der Waals surface area contributed by atoms with Gasteiger partial charge in [0.15, 0.2) is 0 Å². The third kappa shape index (κ3) is 6.07. The van der Waals surface area contributed by atoms with Crippen molar-refractivity contribution >= 4 is 32.6 Å². The van der Waals surface area contributed by atoms with Gasteiger partial charge in [0, 0.05) is 32.5 Å². The molecule has 0 aliphatic carbocycles. The number of aryl methyl sites for hydroxylation is 1. The summed E-state index contributed by atoms with van der Waals surface area (Å²) >= 11 is 0. The second-order valence-electron chi connectivity index (χ2n) is 9.14. The Morgan fingerprint density at radius 1 is 0.971 bits per heavy atom. The van der Waals surface area contributed by atoms with Crippen molar-refractivity contribution in [1.82, 2.24) is 14.9 Å². The first-order chi connectivity index (χ1) is 16.7. The topological polar surface area (TPSA) is 95.6 Å². The van der Waals surface area contributed by atoms with Gasteiger partial charge >= 0.3 is 0 Å². The van der Waals surface area contributed by atoms with Gasteiger partial charge in [-0.2, -0.15) is 4.31 Å². The number of benzene rings is 3. The van der Waals surface area contributed by atoms with Gasteiger partial charge in [0.05, 0.1) is 4.90 Å². The minimum atomic E-state index is -3.62. The molecule has 0 bridgehead atoms. The predicted octanol–water partition coefficient (Wildman–Crippen LogP) is 3.16. The van der Waals surface area contributed by atoms with E-state index < -0.39 is 16.1 Å². The standard InChI is InChI=1S/C27H31N3O4S/c1-19-6-5-7-21(16-19)17-26(28-20(2)31)27(32)29-24-12-14-30(15-13-24)35(33,34)25-11-10-22-8-3-4-9-23(22)18-25/h3-11,16,18,24,26H,12-15,17H2,1-2H3,(H,28,31)(H,29,32)/t26-/m1/s1. The minimum absolute atomic E-state index is 0.153. The Morgan fingerprint density at radius 3 is 2.37 bits per heavy atom.